The van der Waals surface area contributed by atoms with Crippen LogP contribution in [0.2, 0.25) is 0 Å². The van der Waals surface area contributed by atoms with Gasteiger partial charge < -0.3 is 5.32 Å². The zero-order valence-corrected chi connectivity index (χ0v) is 19.1. The molecule has 9 nitrogen and oxygen atoms in total. The summed E-state index contributed by atoms with van der Waals surface area (Å²) in [5.41, 5.74) is -4.10. The summed E-state index contributed by atoms with van der Waals surface area (Å²) in [4.78, 5) is 21.5. The first-order valence-corrected chi connectivity index (χ1v) is 10.7. The molecule has 0 aliphatic carbocycles. The monoisotopic (exact) mass is 532 g/mol. The third-order valence-electron chi connectivity index (χ3n) is 5.48. The molecule has 0 atom stereocenters. The normalized spacial score (nSPS) is 12.2. The molecule has 15 heteroatoms. The van der Waals surface area contributed by atoms with Crippen LogP contribution in [-0.4, -0.2) is 40.6 Å². The fraction of sp³-hybridized carbons (Fsp3) is 0.130. The lowest BCUT2D eigenvalue weighted by Gasteiger charge is -2.14. The number of aromatic nitrogens is 7. The molecular weight excluding hydrogens is 518 g/mol. The number of anilines is 1. The van der Waals surface area contributed by atoms with Crippen molar-refractivity contribution in [2.45, 2.75) is 12.4 Å². The van der Waals surface area contributed by atoms with Crippen LogP contribution in [0.4, 0.5) is 32.0 Å². The minimum atomic E-state index is -5.04. The second-order valence-electron chi connectivity index (χ2n) is 7.93. The Morgan fingerprint density at radius 3 is 2.34 bits per heavy atom. The Labute approximate surface area is 208 Å². The maximum absolute atomic E-state index is 14.3. The van der Waals surface area contributed by atoms with Gasteiger partial charge in [0.05, 0.1) is 29.8 Å². The summed E-state index contributed by atoms with van der Waals surface area (Å²) in [7, 11) is 1.13. The molecular formula is C23H14F6N8O. The van der Waals surface area contributed by atoms with Crippen molar-refractivity contribution in [3.63, 3.8) is 0 Å². The molecule has 1 N–H and O–H groups in total. The SMILES string of the molecule is Cn1nc(-c2cccc3ncccc23)c(C(F)(F)F)c1C(=O)Nc1cnc(-n2nccn2)c(C(F)(F)F)c1. The quantitative estimate of drug-likeness (QED) is 0.331. The average Bonchev–Trinajstić information content (AvgIpc) is 3.51. The van der Waals surface area contributed by atoms with Crippen molar-refractivity contribution in [1.82, 2.24) is 34.7 Å². The highest BCUT2D eigenvalue weighted by atomic mass is 19.4. The number of pyridine rings is 2. The van der Waals surface area contributed by atoms with Gasteiger partial charge in [-0.25, -0.2) is 4.98 Å². The lowest BCUT2D eigenvalue weighted by Crippen LogP contribution is -2.22. The number of hydrogen-bond acceptors (Lipinski definition) is 6. The number of aryl methyl sites for hydroxylation is 1. The number of carbonyl (C=O) groups excluding carboxylic acids is 1. The van der Waals surface area contributed by atoms with E-state index in [4.69, 9.17) is 0 Å². The Morgan fingerprint density at radius 2 is 1.66 bits per heavy atom. The van der Waals surface area contributed by atoms with Crippen LogP contribution in [0.1, 0.15) is 21.6 Å². The fourth-order valence-corrected chi connectivity index (χ4v) is 3.96. The molecule has 0 fully saturated rings. The van der Waals surface area contributed by atoms with E-state index < -0.39 is 52.3 Å². The highest BCUT2D eigenvalue weighted by molar-refractivity contribution is 6.06. The second-order valence-corrected chi connectivity index (χ2v) is 7.93. The van der Waals surface area contributed by atoms with Crippen molar-refractivity contribution in [1.29, 1.82) is 0 Å². The summed E-state index contributed by atoms with van der Waals surface area (Å²) < 4.78 is 84.7. The number of halogens is 6. The minimum absolute atomic E-state index is 0.0784. The molecule has 0 aliphatic rings. The van der Waals surface area contributed by atoms with E-state index in [0.717, 1.165) is 30.3 Å². The molecule has 194 valence electrons. The van der Waals surface area contributed by atoms with Crippen molar-refractivity contribution in [3.05, 3.63) is 78.0 Å². The molecule has 5 aromatic rings. The first kappa shape index (κ1) is 24.9. The zero-order chi connectivity index (χ0) is 27.2. The highest BCUT2D eigenvalue weighted by Crippen LogP contribution is 2.41. The molecule has 0 spiro atoms. The molecule has 0 saturated carbocycles. The average molecular weight is 532 g/mol. The molecule has 4 heterocycles. The van der Waals surface area contributed by atoms with Gasteiger partial charge in [-0.05, 0) is 18.2 Å². The number of hydrogen-bond donors (Lipinski definition) is 1. The summed E-state index contributed by atoms with van der Waals surface area (Å²) >= 11 is 0. The van der Waals surface area contributed by atoms with Crippen LogP contribution in [0.5, 0.6) is 0 Å². The molecule has 1 amide bonds. The predicted octanol–water partition coefficient (Wildman–Crippen LogP) is 4.90. The number of fused-ring (bicyclic) bond motifs is 1. The van der Waals surface area contributed by atoms with Crippen LogP contribution in [0.3, 0.4) is 0 Å². The number of carbonyl (C=O) groups is 1. The molecule has 5 rings (SSSR count). The predicted molar refractivity (Wildman–Crippen MR) is 121 cm³/mol. The topological polar surface area (TPSA) is 103 Å². The Kier molecular flexibility index (Phi) is 5.84. The minimum Gasteiger partial charge on any atom is -0.319 e. The summed E-state index contributed by atoms with van der Waals surface area (Å²) in [6, 6.07) is 8.15. The Bertz CT molecular complexity index is 1650. The van der Waals surface area contributed by atoms with Crippen LogP contribution in [0.15, 0.2) is 61.2 Å². The largest absolute Gasteiger partial charge is 0.420 e. The van der Waals surface area contributed by atoms with E-state index in [1.54, 1.807) is 18.2 Å². The zero-order valence-electron chi connectivity index (χ0n) is 19.1. The van der Waals surface area contributed by atoms with Gasteiger partial charge in [-0.1, -0.05) is 18.2 Å². The molecule has 38 heavy (non-hydrogen) atoms. The van der Waals surface area contributed by atoms with E-state index >= 15 is 0 Å². The molecule has 1 aromatic carbocycles. The van der Waals surface area contributed by atoms with Crippen LogP contribution in [0.25, 0.3) is 28.0 Å². The first-order chi connectivity index (χ1) is 17.9. The number of amides is 1. The third-order valence-corrected chi connectivity index (χ3v) is 5.48. The Morgan fingerprint density at radius 1 is 0.921 bits per heavy atom. The molecule has 0 aliphatic heterocycles. The summed E-state index contributed by atoms with van der Waals surface area (Å²) in [6.07, 6.45) is -5.36. The van der Waals surface area contributed by atoms with Gasteiger partial charge in [0.15, 0.2) is 5.82 Å². The van der Waals surface area contributed by atoms with E-state index in [1.807, 2.05) is 0 Å². The van der Waals surface area contributed by atoms with E-state index in [-0.39, 0.29) is 5.56 Å². The van der Waals surface area contributed by atoms with Crippen molar-refractivity contribution in [3.8, 4) is 17.1 Å². The van der Waals surface area contributed by atoms with Gasteiger partial charge in [-0.3, -0.25) is 14.5 Å². The Balaban J connectivity index is 1.60. The lowest BCUT2D eigenvalue weighted by molar-refractivity contribution is -0.138. The van der Waals surface area contributed by atoms with Gasteiger partial charge in [0, 0.05) is 24.2 Å². The lowest BCUT2D eigenvalue weighted by atomic mass is 10.0. The van der Waals surface area contributed by atoms with E-state index in [2.05, 4.69) is 30.6 Å². The fourth-order valence-electron chi connectivity index (χ4n) is 3.96. The number of alkyl halides is 6. The summed E-state index contributed by atoms with van der Waals surface area (Å²) in [5.74, 6) is -2.01. The number of rotatable bonds is 4. The van der Waals surface area contributed by atoms with Gasteiger partial charge in [-0.15, -0.1) is 4.80 Å². The smallest absolute Gasteiger partial charge is 0.319 e. The standard InChI is InChI=1S/C23H14F6N8O/c1-36-19(17(23(27,28)29)18(35-36)14-4-2-6-16-13(14)5-3-7-30-16)21(38)34-12-10-15(22(24,25)26)20(31-11-12)37-32-8-9-33-37/h2-11H,1H3,(H,34,38). The van der Waals surface area contributed by atoms with E-state index in [0.29, 0.717) is 21.8 Å². The molecule has 0 bridgehead atoms. The Hall–Kier alpha value is -4.82. The number of benzene rings is 1. The van der Waals surface area contributed by atoms with Crippen molar-refractivity contribution >= 4 is 22.5 Å². The van der Waals surface area contributed by atoms with Gasteiger partial charge >= 0.3 is 12.4 Å². The molecule has 0 radical (unpaired) electrons. The number of nitrogens with one attached hydrogen (secondary N) is 1. The van der Waals surface area contributed by atoms with Crippen molar-refractivity contribution in [2.24, 2.45) is 7.05 Å². The van der Waals surface area contributed by atoms with Crippen LogP contribution >= 0.6 is 0 Å². The summed E-state index contributed by atoms with van der Waals surface area (Å²) in [5, 5.41) is 13.6. The van der Waals surface area contributed by atoms with Crippen LogP contribution in [0, 0.1) is 0 Å². The van der Waals surface area contributed by atoms with Gasteiger partial charge in [0.1, 0.15) is 22.5 Å². The van der Waals surface area contributed by atoms with Gasteiger partial charge in [0.2, 0.25) is 0 Å². The van der Waals surface area contributed by atoms with Crippen LogP contribution in [-0.2, 0) is 19.4 Å². The van der Waals surface area contributed by atoms with Crippen molar-refractivity contribution in [2.75, 3.05) is 5.32 Å². The van der Waals surface area contributed by atoms with Crippen molar-refractivity contribution < 1.29 is 31.1 Å². The van der Waals surface area contributed by atoms with Gasteiger partial charge in [0.25, 0.3) is 5.91 Å². The molecule has 0 unspecified atom stereocenters. The van der Waals surface area contributed by atoms with E-state index in [9.17, 15) is 31.1 Å². The highest BCUT2D eigenvalue weighted by Gasteiger charge is 2.43. The van der Waals surface area contributed by atoms with E-state index in [1.165, 1.54) is 18.3 Å². The van der Waals surface area contributed by atoms with Gasteiger partial charge in [-0.2, -0.15) is 41.6 Å². The number of nitrogens with zero attached hydrogens (tertiary/aromatic N) is 7. The maximum atomic E-state index is 14.3. The molecule has 4 aromatic heterocycles. The van der Waals surface area contributed by atoms with Crippen LogP contribution < -0.4 is 5.32 Å². The molecule has 0 saturated heterocycles. The second kappa shape index (κ2) is 8.93. The third kappa shape index (κ3) is 4.42. The maximum Gasteiger partial charge on any atom is 0.420 e. The summed E-state index contributed by atoms with van der Waals surface area (Å²) in [6.45, 7) is 0. The first-order valence-electron chi connectivity index (χ1n) is 10.7.